The maximum Gasteiger partial charge on any atom is 0.252 e. The first-order valence-electron chi connectivity index (χ1n) is 10.1. The van der Waals surface area contributed by atoms with Crippen molar-refractivity contribution in [1.82, 2.24) is 10.2 Å². The van der Waals surface area contributed by atoms with Gasteiger partial charge in [0, 0.05) is 35.7 Å². The fourth-order valence-corrected chi connectivity index (χ4v) is 5.19. The Morgan fingerprint density at radius 1 is 1.17 bits per heavy atom. The number of ketones is 1. The van der Waals surface area contributed by atoms with Gasteiger partial charge < -0.3 is 5.32 Å². The molecular formula is C23H25FN2O2S. The van der Waals surface area contributed by atoms with Crippen molar-refractivity contribution in [3.8, 4) is 0 Å². The number of carbonyl (C=O) groups excluding carboxylic acids is 2. The zero-order chi connectivity index (χ0) is 20.2. The van der Waals surface area contributed by atoms with E-state index in [1.165, 1.54) is 6.07 Å². The van der Waals surface area contributed by atoms with E-state index in [4.69, 9.17) is 0 Å². The van der Waals surface area contributed by atoms with Crippen molar-refractivity contribution in [2.45, 2.75) is 30.7 Å². The van der Waals surface area contributed by atoms with Crippen molar-refractivity contribution >= 4 is 23.5 Å². The van der Waals surface area contributed by atoms with E-state index in [1.807, 2.05) is 12.1 Å². The Bertz CT molecular complexity index is 910. The van der Waals surface area contributed by atoms with Crippen molar-refractivity contribution in [3.05, 3.63) is 65.0 Å². The number of nitrogens with zero attached hydrogens (tertiary/aromatic N) is 1. The third-order valence-electron chi connectivity index (χ3n) is 5.69. The summed E-state index contributed by atoms with van der Waals surface area (Å²) in [6.45, 7) is 3.30. The summed E-state index contributed by atoms with van der Waals surface area (Å²) in [7, 11) is 0. The average molecular weight is 413 g/mol. The lowest BCUT2D eigenvalue weighted by Gasteiger charge is -2.32. The molecule has 152 valence electrons. The van der Waals surface area contributed by atoms with Crippen LogP contribution in [0.5, 0.6) is 0 Å². The molecule has 0 atom stereocenters. The first-order valence-corrected chi connectivity index (χ1v) is 11.1. The number of hydrogen-bond donors (Lipinski definition) is 1. The van der Waals surface area contributed by atoms with Crippen LogP contribution in [0.4, 0.5) is 4.39 Å². The molecule has 1 saturated heterocycles. The predicted molar refractivity (Wildman–Crippen MR) is 113 cm³/mol. The van der Waals surface area contributed by atoms with Crippen LogP contribution in [0.15, 0.2) is 47.4 Å². The second-order valence-electron chi connectivity index (χ2n) is 7.76. The second kappa shape index (κ2) is 9.09. The normalized spacial score (nSPS) is 17.8. The zero-order valence-electron chi connectivity index (χ0n) is 16.3. The summed E-state index contributed by atoms with van der Waals surface area (Å²) >= 11 is 1.60. The highest BCUT2D eigenvalue weighted by atomic mass is 32.2. The van der Waals surface area contributed by atoms with E-state index in [9.17, 15) is 14.0 Å². The van der Waals surface area contributed by atoms with Crippen molar-refractivity contribution in [3.63, 3.8) is 0 Å². The highest BCUT2D eigenvalue weighted by Gasteiger charge is 2.24. The lowest BCUT2D eigenvalue weighted by molar-refractivity contribution is 0.0932. The van der Waals surface area contributed by atoms with Crippen LogP contribution in [-0.2, 0) is 6.54 Å². The first-order chi connectivity index (χ1) is 14.1. The van der Waals surface area contributed by atoms with Gasteiger partial charge in [-0.25, -0.2) is 4.39 Å². The van der Waals surface area contributed by atoms with Gasteiger partial charge in [0.15, 0.2) is 5.78 Å². The van der Waals surface area contributed by atoms with Gasteiger partial charge in [-0.3, -0.25) is 14.5 Å². The lowest BCUT2D eigenvalue weighted by atomic mass is 9.96. The highest BCUT2D eigenvalue weighted by Crippen LogP contribution is 2.33. The van der Waals surface area contributed by atoms with Gasteiger partial charge in [-0.15, -0.1) is 11.8 Å². The Kier molecular flexibility index (Phi) is 6.31. The minimum Gasteiger partial charge on any atom is -0.352 e. The molecule has 1 fully saturated rings. The Hall–Kier alpha value is -2.18. The maximum atomic E-state index is 13.3. The van der Waals surface area contributed by atoms with Gasteiger partial charge in [0.1, 0.15) is 5.82 Å². The number of amides is 1. The molecule has 2 heterocycles. The van der Waals surface area contributed by atoms with Crippen LogP contribution in [0.2, 0.25) is 0 Å². The quantitative estimate of drug-likeness (QED) is 0.802. The Morgan fingerprint density at radius 2 is 1.97 bits per heavy atom. The van der Waals surface area contributed by atoms with Crippen LogP contribution in [-0.4, -0.2) is 42.0 Å². The molecule has 4 rings (SSSR count). The molecule has 0 radical (unpaired) electrons. The second-order valence-corrected chi connectivity index (χ2v) is 8.87. The Balaban J connectivity index is 1.28. The van der Waals surface area contributed by atoms with Crippen molar-refractivity contribution < 1.29 is 14.0 Å². The van der Waals surface area contributed by atoms with Crippen molar-refractivity contribution in [2.75, 3.05) is 25.4 Å². The van der Waals surface area contributed by atoms with Crippen LogP contribution in [0.25, 0.3) is 0 Å². The number of nitrogens with one attached hydrogen (secondary N) is 1. The smallest absolute Gasteiger partial charge is 0.252 e. The number of likely N-dealkylation sites (tertiary alicyclic amines) is 1. The molecular weight excluding hydrogens is 387 g/mol. The molecule has 2 aromatic carbocycles. The molecule has 2 aromatic rings. The van der Waals surface area contributed by atoms with Gasteiger partial charge in [0.25, 0.3) is 5.91 Å². The van der Waals surface area contributed by atoms with Gasteiger partial charge in [-0.2, -0.15) is 0 Å². The van der Waals surface area contributed by atoms with E-state index in [1.54, 1.807) is 36.0 Å². The summed E-state index contributed by atoms with van der Waals surface area (Å²) in [4.78, 5) is 28.0. The van der Waals surface area contributed by atoms with E-state index in [0.717, 1.165) is 48.7 Å². The molecule has 0 bridgehead atoms. The van der Waals surface area contributed by atoms with Gasteiger partial charge in [-0.05, 0) is 55.6 Å². The summed E-state index contributed by atoms with van der Waals surface area (Å²) in [5.74, 6) is 1.02. The summed E-state index contributed by atoms with van der Waals surface area (Å²) in [5.41, 5.74) is 2.29. The number of thioether (sulfide) groups is 1. The molecule has 29 heavy (non-hydrogen) atoms. The van der Waals surface area contributed by atoms with Crippen LogP contribution in [0.1, 0.15) is 45.5 Å². The summed E-state index contributed by atoms with van der Waals surface area (Å²) in [5, 5.41) is 3.07. The van der Waals surface area contributed by atoms with Crippen molar-refractivity contribution in [2.24, 2.45) is 5.92 Å². The fourth-order valence-electron chi connectivity index (χ4n) is 4.05. The molecule has 0 saturated carbocycles. The Labute approximate surface area is 174 Å². The Morgan fingerprint density at radius 3 is 2.76 bits per heavy atom. The number of Topliss-reactive ketones (excluding diaryl/α,β-unsaturated/α-hetero) is 1. The predicted octanol–water partition coefficient (Wildman–Crippen LogP) is 4.15. The minimum atomic E-state index is -0.192. The van der Waals surface area contributed by atoms with E-state index in [0.29, 0.717) is 30.0 Å². The largest absolute Gasteiger partial charge is 0.352 e. The third kappa shape index (κ3) is 4.87. The molecule has 2 aliphatic heterocycles. The number of rotatable bonds is 5. The molecule has 0 aliphatic carbocycles. The van der Waals surface area contributed by atoms with E-state index < -0.39 is 0 Å². The molecule has 1 amide bonds. The topological polar surface area (TPSA) is 49.4 Å². The lowest BCUT2D eigenvalue weighted by Crippen LogP contribution is -2.38. The first kappa shape index (κ1) is 20.1. The number of fused-ring (bicyclic) bond motifs is 1. The van der Waals surface area contributed by atoms with E-state index >= 15 is 0 Å². The van der Waals surface area contributed by atoms with Crippen LogP contribution < -0.4 is 5.32 Å². The van der Waals surface area contributed by atoms with Crippen LogP contribution in [0.3, 0.4) is 0 Å². The van der Waals surface area contributed by atoms with Gasteiger partial charge in [-0.1, -0.05) is 24.3 Å². The maximum absolute atomic E-state index is 13.3. The van der Waals surface area contributed by atoms with Gasteiger partial charge in [0.2, 0.25) is 0 Å². The van der Waals surface area contributed by atoms with Gasteiger partial charge in [0.05, 0.1) is 5.56 Å². The third-order valence-corrected chi connectivity index (χ3v) is 6.83. The highest BCUT2D eigenvalue weighted by molar-refractivity contribution is 7.99. The van der Waals surface area contributed by atoms with Crippen molar-refractivity contribution in [1.29, 1.82) is 0 Å². The van der Waals surface area contributed by atoms with Crippen LogP contribution >= 0.6 is 11.8 Å². The standard InChI is InChI=1S/C23H25FN2O2S/c24-18-4-1-3-17(13-18)15-26-10-7-16(8-11-26)14-25-23(28)20-6-2-5-19-21(27)9-12-29-22(19)20/h1-6,13,16H,7-12,14-15H2,(H,25,28). The number of benzene rings is 2. The summed E-state index contributed by atoms with van der Waals surface area (Å²) < 4.78 is 13.3. The van der Waals surface area contributed by atoms with Crippen LogP contribution in [0, 0.1) is 11.7 Å². The fraction of sp³-hybridized carbons (Fsp3) is 0.391. The summed E-state index contributed by atoms with van der Waals surface area (Å²) in [6, 6.07) is 12.2. The molecule has 0 unspecified atom stereocenters. The van der Waals surface area contributed by atoms with E-state index in [2.05, 4.69) is 10.2 Å². The molecule has 2 aliphatic rings. The molecule has 6 heteroatoms. The average Bonchev–Trinajstić information content (AvgIpc) is 2.73. The SMILES string of the molecule is O=C1CCSc2c1cccc2C(=O)NCC1CCN(Cc2cccc(F)c2)CC1. The number of halogens is 1. The summed E-state index contributed by atoms with van der Waals surface area (Å²) in [6.07, 6.45) is 2.56. The zero-order valence-corrected chi connectivity index (χ0v) is 17.1. The molecule has 4 nitrogen and oxygen atoms in total. The monoisotopic (exact) mass is 412 g/mol. The number of piperidine rings is 1. The van der Waals surface area contributed by atoms with E-state index in [-0.39, 0.29) is 17.5 Å². The molecule has 0 spiro atoms. The number of carbonyl (C=O) groups is 2. The molecule has 1 N–H and O–H groups in total. The molecule has 0 aromatic heterocycles. The minimum absolute atomic E-state index is 0.0914. The number of hydrogen-bond acceptors (Lipinski definition) is 4. The van der Waals surface area contributed by atoms with Gasteiger partial charge >= 0.3 is 0 Å².